The zero-order valence-electron chi connectivity index (χ0n) is 13.1. The number of hydrogen-bond donors (Lipinski definition) is 3. The highest BCUT2D eigenvalue weighted by Crippen LogP contribution is 2.22. The standard InChI is InChI=1S/C16H26N2O3/c1-4-18(5-2)10-6-7-12(3)17-16(21)14-9-8-13(19)11-15(14)20/h8-9,11-12,19-20H,4-7,10H2,1-3H3,(H,17,21). The molecule has 5 heteroatoms. The minimum Gasteiger partial charge on any atom is -0.508 e. The molecule has 5 nitrogen and oxygen atoms in total. The molecule has 3 N–H and O–H groups in total. The van der Waals surface area contributed by atoms with Crippen LogP contribution >= 0.6 is 0 Å². The average molecular weight is 294 g/mol. The van der Waals surface area contributed by atoms with Crippen molar-refractivity contribution in [1.82, 2.24) is 10.2 Å². The molecule has 21 heavy (non-hydrogen) atoms. The minimum atomic E-state index is -0.317. The van der Waals surface area contributed by atoms with Crippen LogP contribution in [0, 0.1) is 0 Å². The summed E-state index contributed by atoms with van der Waals surface area (Å²) < 4.78 is 0. The van der Waals surface area contributed by atoms with Gasteiger partial charge in [-0.1, -0.05) is 13.8 Å². The van der Waals surface area contributed by atoms with E-state index in [2.05, 4.69) is 24.1 Å². The highest BCUT2D eigenvalue weighted by molar-refractivity contribution is 5.97. The predicted molar refractivity (Wildman–Crippen MR) is 83.7 cm³/mol. The van der Waals surface area contributed by atoms with Crippen LogP contribution < -0.4 is 5.32 Å². The predicted octanol–water partition coefficient (Wildman–Crippen LogP) is 2.34. The van der Waals surface area contributed by atoms with Crippen LogP contribution in [0.1, 0.15) is 44.0 Å². The van der Waals surface area contributed by atoms with Gasteiger partial charge in [0.15, 0.2) is 0 Å². The molecule has 0 radical (unpaired) electrons. The largest absolute Gasteiger partial charge is 0.508 e. The molecule has 118 valence electrons. The monoisotopic (exact) mass is 294 g/mol. The Balaban J connectivity index is 2.43. The molecule has 1 aromatic rings. The van der Waals surface area contributed by atoms with E-state index in [1.165, 1.54) is 18.2 Å². The Morgan fingerprint density at radius 3 is 2.52 bits per heavy atom. The second-order valence-electron chi connectivity index (χ2n) is 5.25. The van der Waals surface area contributed by atoms with Crippen molar-refractivity contribution >= 4 is 5.91 Å². The number of phenolic OH excluding ortho intramolecular Hbond substituents is 2. The number of phenols is 2. The molecular weight excluding hydrogens is 268 g/mol. The van der Waals surface area contributed by atoms with Gasteiger partial charge in [0.05, 0.1) is 5.56 Å². The van der Waals surface area contributed by atoms with Crippen molar-refractivity contribution in [1.29, 1.82) is 0 Å². The van der Waals surface area contributed by atoms with Crippen molar-refractivity contribution in [3.8, 4) is 11.5 Å². The van der Waals surface area contributed by atoms with Gasteiger partial charge in [-0.3, -0.25) is 4.79 Å². The van der Waals surface area contributed by atoms with E-state index in [0.29, 0.717) is 0 Å². The molecule has 0 spiro atoms. The fourth-order valence-electron chi connectivity index (χ4n) is 2.25. The third-order valence-corrected chi connectivity index (χ3v) is 3.61. The Hall–Kier alpha value is -1.75. The topological polar surface area (TPSA) is 72.8 Å². The average Bonchev–Trinajstić information content (AvgIpc) is 2.43. The summed E-state index contributed by atoms with van der Waals surface area (Å²) in [6.45, 7) is 9.34. The summed E-state index contributed by atoms with van der Waals surface area (Å²) in [5.74, 6) is -0.581. The molecule has 0 bridgehead atoms. The first kappa shape index (κ1) is 17.3. The van der Waals surface area contributed by atoms with E-state index in [0.717, 1.165) is 32.5 Å². The maximum absolute atomic E-state index is 12.0. The van der Waals surface area contributed by atoms with Gasteiger partial charge in [0.1, 0.15) is 11.5 Å². The Labute approximate surface area is 126 Å². The molecular formula is C16H26N2O3. The van der Waals surface area contributed by atoms with Gasteiger partial charge in [0, 0.05) is 12.1 Å². The number of nitrogens with one attached hydrogen (secondary N) is 1. The van der Waals surface area contributed by atoms with Crippen molar-refractivity contribution in [2.24, 2.45) is 0 Å². The lowest BCUT2D eigenvalue weighted by molar-refractivity contribution is 0.0934. The molecule has 0 aliphatic rings. The molecule has 1 atom stereocenters. The maximum atomic E-state index is 12.0. The van der Waals surface area contributed by atoms with Gasteiger partial charge in [-0.15, -0.1) is 0 Å². The molecule has 0 saturated heterocycles. The molecule has 0 aromatic heterocycles. The number of carbonyl (C=O) groups excluding carboxylic acids is 1. The zero-order valence-corrected chi connectivity index (χ0v) is 13.1. The van der Waals surface area contributed by atoms with E-state index < -0.39 is 0 Å². The van der Waals surface area contributed by atoms with Gasteiger partial charge in [-0.05, 0) is 51.5 Å². The molecule has 0 fully saturated rings. The van der Waals surface area contributed by atoms with Gasteiger partial charge < -0.3 is 20.4 Å². The van der Waals surface area contributed by atoms with Gasteiger partial charge in [-0.2, -0.15) is 0 Å². The van der Waals surface area contributed by atoms with Crippen LogP contribution in [0.4, 0.5) is 0 Å². The van der Waals surface area contributed by atoms with Crippen LogP contribution in [0.5, 0.6) is 11.5 Å². The number of hydrogen-bond acceptors (Lipinski definition) is 4. The number of nitrogens with zero attached hydrogens (tertiary/aromatic N) is 1. The number of amides is 1. The van der Waals surface area contributed by atoms with Crippen LogP contribution in [0.25, 0.3) is 0 Å². The number of carbonyl (C=O) groups is 1. The van der Waals surface area contributed by atoms with E-state index in [1.807, 2.05) is 6.92 Å². The molecule has 1 amide bonds. The Kier molecular flexibility index (Phi) is 7.02. The molecule has 0 aliphatic heterocycles. The summed E-state index contributed by atoms with van der Waals surface area (Å²) in [6.07, 6.45) is 1.91. The summed E-state index contributed by atoms with van der Waals surface area (Å²) in [5.41, 5.74) is 0.184. The Morgan fingerprint density at radius 1 is 1.29 bits per heavy atom. The van der Waals surface area contributed by atoms with Crippen LogP contribution in [-0.4, -0.2) is 46.7 Å². The normalized spacial score (nSPS) is 12.4. The second-order valence-corrected chi connectivity index (χ2v) is 5.25. The van der Waals surface area contributed by atoms with E-state index in [4.69, 9.17) is 0 Å². The van der Waals surface area contributed by atoms with E-state index >= 15 is 0 Å². The van der Waals surface area contributed by atoms with E-state index in [9.17, 15) is 15.0 Å². The van der Waals surface area contributed by atoms with Crippen LogP contribution in [0.2, 0.25) is 0 Å². The summed E-state index contributed by atoms with van der Waals surface area (Å²) >= 11 is 0. The minimum absolute atomic E-state index is 0.0428. The van der Waals surface area contributed by atoms with Crippen LogP contribution in [0.15, 0.2) is 18.2 Å². The van der Waals surface area contributed by atoms with Crippen molar-refractivity contribution < 1.29 is 15.0 Å². The third kappa shape index (κ3) is 5.63. The lowest BCUT2D eigenvalue weighted by Crippen LogP contribution is -2.33. The highest BCUT2D eigenvalue weighted by atomic mass is 16.3. The van der Waals surface area contributed by atoms with E-state index in [-0.39, 0.29) is 29.0 Å². The van der Waals surface area contributed by atoms with Gasteiger partial charge >= 0.3 is 0 Å². The summed E-state index contributed by atoms with van der Waals surface area (Å²) in [7, 11) is 0. The number of benzene rings is 1. The van der Waals surface area contributed by atoms with Crippen molar-refractivity contribution in [3.05, 3.63) is 23.8 Å². The van der Waals surface area contributed by atoms with Gasteiger partial charge in [0.25, 0.3) is 5.91 Å². The Bertz CT molecular complexity index is 459. The summed E-state index contributed by atoms with van der Waals surface area (Å²) in [6, 6.07) is 4.02. The van der Waals surface area contributed by atoms with Gasteiger partial charge in [-0.25, -0.2) is 0 Å². The first-order chi connectivity index (χ1) is 9.97. The highest BCUT2D eigenvalue weighted by Gasteiger charge is 2.14. The SMILES string of the molecule is CCN(CC)CCCC(C)NC(=O)c1ccc(O)cc1O. The van der Waals surface area contributed by atoms with Crippen molar-refractivity contribution in [3.63, 3.8) is 0 Å². The molecule has 1 aromatic carbocycles. The van der Waals surface area contributed by atoms with Gasteiger partial charge in [0.2, 0.25) is 0 Å². The maximum Gasteiger partial charge on any atom is 0.255 e. The van der Waals surface area contributed by atoms with Crippen molar-refractivity contribution in [2.45, 2.75) is 39.7 Å². The molecule has 0 aliphatic carbocycles. The molecule has 1 rings (SSSR count). The molecule has 0 saturated carbocycles. The fourth-order valence-corrected chi connectivity index (χ4v) is 2.25. The first-order valence-corrected chi connectivity index (χ1v) is 7.53. The van der Waals surface area contributed by atoms with Crippen LogP contribution in [-0.2, 0) is 0 Å². The third-order valence-electron chi connectivity index (χ3n) is 3.61. The quantitative estimate of drug-likeness (QED) is 0.688. The smallest absolute Gasteiger partial charge is 0.255 e. The first-order valence-electron chi connectivity index (χ1n) is 7.53. The van der Waals surface area contributed by atoms with Crippen LogP contribution in [0.3, 0.4) is 0 Å². The summed E-state index contributed by atoms with van der Waals surface area (Å²) in [5, 5.41) is 21.7. The number of rotatable bonds is 8. The van der Waals surface area contributed by atoms with Crippen molar-refractivity contribution in [2.75, 3.05) is 19.6 Å². The Morgan fingerprint density at radius 2 is 1.95 bits per heavy atom. The summed E-state index contributed by atoms with van der Waals surface area (Å²) in [4.78, 5) is 14.4. The fraction of sp³-hybridized carbons (Fsp3) is 0.562. The zero-order chi connectivity index (χ0) is 15.8. The lowest BCUT2D eigenvalue weighted by Gasteiger charge is -2.20. The second kappa shape index (κ2) is 8.52. The van der Waals surface area contributed by atoms with E-state index in [1.54, 1.807) is 0 Å². The number of aromatic hydroxyl groups is 2. The lowest BCUT2D eigenvalue weighted by atomic mass is 10.1. The molecule has 1 unspecified atom stereocenters. The molecule has 0 heterocycles.